The molecule has 0 fully saturated rings. The van der Waals surface area contributed by atoms with E-state index in [1.165, 1.54) is 24.6 Å². The number of aromatic nitrogens is 13. The zero-order valence-corrected chi connectivity index (χ0v) is 68.9. The molecule has 16 rings (SSSR count). The quantitative estimate of drug-likeness (QED) is 0.00663. The average molecular weight is 1700 g/mol. The van der Waals surface area contributed by atoms with E-state index in [0.29, 0.717) is 63.3 Å². The molecule has 113 heavy (non-hydrogen) atoms. The molecule has 0 amide bonds. The smallest absolute Gasteiger partial charge is 0.262 e. The number of thiazole rings is 3. The van der Waals surface area contributed by atoms with E-state index in [9.17, 15) is 9.90 Å². The predicted octanol–water partition coefficient (Wildman–Crippen LogP) is 15.6. The van der Waals surface area contributed by atoms with Crippen LogP contribution in [-0.4, -0.2) is 140 Å². The fourth-order valence-corrected chi connectivity index (χ4v) is 16.2. The minimum Gasteiger partial charge on any atom is -0.397 e. The van der Waals surface area contributed by atoms with E-state index in [-0.39, 0.29) is 13.2 Å². The van der Waals surface area contributed by atoms with E-state index in [2.05, 4.69) is 237 Å². The Kier molecular flexibility index (Phi) is 29.8. The molecule has 0 aliphatic carbocycles. The maximum absolute atomic E-state index is 10.8. The Morgan fingerprint density at radius 3 is 1.24 bits per heavy atom. The van der Waals surface area contributed by atoms with Crippen LogP contribution in [0.3, 0.4) is 0 Å². The Balaban J connectivity index is 0.000000140. The summed E-state index contributed by atoms with van der Waals surface area (Å²) in [7, 11) is 0. The molecule has 0 aliphatic rings. The summed E-state index contributed by atoms with van der Waals surface area (Å²) in [6.07, 6.45) is 9.03. The SMILES string of the molecule is C=C(I)OOCC[n+]1c(/C=C/c2ccc(N(CC)CC)c3nonc23)sc2ccccc21.CCN(CC)c1ccc(/C=C/c2sc3ccccc3[n+]2CCO)c2nonc12.CCN(CC)c1ccc(C=O)c2nonc12.CCN(CC)c1cccc2nonc12.Cc1sc2ccccc2[n+]1CCO.Nc1cccc2nonc12. The van der Waals surface area contributed by atoms with Crippen molar-refractivity contribution in [3.05, 3.63) is 188 Å². The number of anilines is 5. The van der Waals surface area contributed by atoms with Crippen molar-refractivity contribution in [2.45, 2.75) is 81.9 Å². The van der Waals surface area contributed by atoms with E-state index in [1.54, 1.807) is 52.2 Å². The lowest BCUT2D eigenvalue weighted by Gasteiger charge is -2.20. The van der Waals surface area contributed by atoms with Gasteiger partial charge in [0.15, 0.2) is 63.9 Å². The van der Waals surface area contributed by atoms with E-state index >= 15 is 0 Å². The molecular weight excluding hydrogens is 1610 g/mol. The fourth-order valence-electron chi connectivity index (χ4n) is 12.9. The maximum Gasteiger partial charge on any atom is 0.262 e. The molecule has 8 aromatic heterocycles. The lowest BCUT2D eigenvalue weighted by atomic mass is 10.1. The zero-order chi connectivity index (χ0) is 79.8. The van der Waals surface area contributed by atoms with Crippen LogP contribution in [0.2, 0.25) is 0 Å². The zero-order valence-electron chi connectivity index (χ0n) is 64.3. The highest BCUT2D eigenvalue weighted by Crippen LogP contribution is 2.33. The summed E-state index contributed by atoms with van der Waals surface area (Å²) in [5, 5.41) is 61.0. The highest BCUT2D eigenvalue weighted by atomic mass is 127. The first-order valence-electron chi connectivity index (χ1n) is 37.1. The van der Waals surface area contributed by atoms with Crippen molar-refractivity contribution < 1.29 is 61.6 Å². The standard InChI is InChI=1S/C23H24IN4O3S.C21H23N4O2S.C11H13N3O2.C10H13N3O.C10H12NOS.C6H5N3O/c1-4-27(5-2)19-12-10-17(22-23(19)26-31-25-22)11-13-21-28(14-15-29-30-16(3)24)18-8-6-7-9-20(18)32-21;1-3-24(4-2)17-11-9-15(20-21(17)23-27-22-20)10-12-19-25(13-14-26)16-7-5-6-8-18(16)28-19;1-3-14(4-2)9-6-5-8(7-15)10-11(9)13-16-12-10;1-3-13(4-2)9-7-5-6-8-10(9)12-14-11-8;1-8-11(6-7-12)9-4-2-3-5-10(9)13-8;7-4-2-1-3-5-6(4)9-10-8-5/h6-13H,3-5,14-15H2,1-2H3;5-12,26H,3-4,13-14H2,1-2H3;5-7H,3-4H2,1-2H3;5-7H,3-4H2,1-2H3;2-5,12H,6-7H2,1H3;1-3H,7H2/q2*+1;;;+1;. The van der Waals surface area contributed by atoms with E-state index in [1.807, 2.05) is 95.4 Å². The molecule has 8 aromatic carbocycles. The number of aliphatic hydroxyl groups excluding tert-OH is 2. The molecule has 0 unspecified atom stereocenters. The first kappa shape index (κ1) is 82.7. The van der Waals surface area contributed by atoms with Crippen molar-refractivity contribution in [3.63, 3.8) is 0 Å². The summed E-state index contributed by atoms with van der Waals surface area (Å²) < 4.78 is 34.7. The number of fused-ring (bicyclic) bond motifs is 8. The minimum atomic E-state index is 0.0995. The minimum absolute atomic E-state index is 0.0995. The van der Waals surface area contributed by atoms with Crippen molar-refractivity contribution in [1.29, 1.82) is 0 Å². The summed E-state index contributed by atoms with van der Waals surface area (Å²) in [4.78, 5) is 30.0. The maximum atomic E-state index is 10.8. The van der Waals surface area contributed by atoms with Gasteiger partial charge in [-0.1, -0.05) is 94.7 Å². The van der Waals surface area contributed by atoms with Gasteiger partial charge in [0.05, 0.1) is 28.4 Å². The molecule has 0 saturated heterocycles. The van der Waals surface area contributed by atoms with Crippen LogP contribution in [0.5, 0.6) is 0 Å². The summed E-state index contributed by atoms with van der Waals surface area (Å²) in [6.45, 7) is 32.5. The third-order valence-electron chi connectivity index (χ3n) is 18.5. The number of carbonyl (C=O) groups is 1. The predicted molar refractivity (Wildman–Crippen MR) is 456 cm³/mol. The molecule has 0 aliphatic heterocycles. The van der Waals surface area contributed by atoms with Crippen LogP contribution in [0, 0.1) is 6.92 Å². The normalized spacial score (nSPS) is 11.2. The van der Waals surface area contributed by atoms with Crippen molar-refractivity contribution in [2.24, 2.45) is 0 Å². The van der Waals surface area contributed by atoms with Crippen LogP contribution >= 0.6 is 56.6 Å². The van der Waals surface area contributed by atoms with Crippen LogP contribution < -0.4 is 39.0 Å². The summed E-state index contributed by atoms with van der Waals surface area (Å²) in [5.41, 5.74) is 23.4. The second kappa shape index (κ2) is 40.8. The molecule has 0 saturated carbocycles. The Bertz CT molecular complexity index is 5830. The Labute approximate surface area is 677 Å². The second-order valence-corrected chi connectivity index (χ2v) is 29.4. The van der Waals surface area contributed by atoms with Gasteiger partial charge < -0.3 is 40.4 Å². The monoisotopic (exact) mass is 1700 g/mol. The van der Waals surface area contributed by atoms with Crippen LogP contribution in [0.25, 0.3) is 110 Å². The lowest BCUT2D eigenvalue weighted by molar-refractivity contribution is -0.674. The number of aryl methyl sites for hydroxylation is 1. The molecule has 0 radical (unpaired) electrons. The van der Waals surface area contributed by atoms with Crippen LogP contribution in [0.1, 0.15) is 91.9 Å². The van der Waals surface area contributed by atoms with Gasteiger partial charge in [-0.2, -0.15) is 18.6 Å². The second-order valence-electron chi connectivity index (χ2n) is 24.8. The van der Waals surface area contributed by atoms with E-state index < -0.39 is 0 Å². The number of hydrogen-bond donors (Lipinski definition) is 3. The number of hydrogen-bond acceptors (Lipinski definition) is 28. The lowest BCUT2D eigenvalue weighted by Crippen LogP contribution is -2.37. The number of aldehydes is 1. The third-order valence-corrected chi connectivity index (χ3v) is 22.0. The number of nitrogens with two attached hydrogens (primary N) is 1. The molecule has 0 spiro atoms. The van der Waals surface area contributed by atoms with Crippen molar-refractivity contribution in [3.8, 4) is 0 Å². The molecule has 16 aromatic rings. The summed E-state index contributed by atoms with van der Waals surface area (Å²) in [6, 6.07) is 48.0. The highest BCUT2D eigenvalue weighted by molar-refractivity contribution is 14.1. The molecule has 0 atom stereocenters. The van der Waals surface area contributed by atoms with Gasteiger partial charge in [0.2, 0.25) is 21.6 Å². The van der Waals surface area contributed by atoms with Gasteiger partial charge in [0, 0.05) is 129 Å². The number of nitrogens with zero attached hydrogens (tertiary/aromatic N) is 17. The summed E-state index contributed by atoms with van der Waals surface area (Å²) >= 11 is 7.17. The molecule has 586 valence electrons. The number of halogens is 1. The topological polar surface area (TPSA) is 321 Å². The number of benzene rings is 8. The van der Waals surface area contributed by atoms with Gasteiger partial charge in [-0.25, -0.2) is 23.1 Å². The van der Waals surface area contributed by atoms with Crippen LogP contribution in [0.4, 0.5) is 28.4 Å². The van der Waals surface area contributed by atoms with Crippen molar-refractivity contribution in [1.82, 2.24) is 51.6 Å². The molecular formula is C81H90IN18O10S3+3. The van der Waals surface area contributed by atoms with Gasteiger partial charge in [-0.15, -0.1) is 0 Å². The number of nitrogen functional groups attached to an aromatic ring is 1. The number of rotatable bonds is 26. The van der Waals surface area contributed by atoms with Crippen LogP contribution in [0.15, 0.2) is 179 Å². The van der Waals surface area contributed by atoms with E-state index in [4.69, 9.17) is 39.1 Å². The van der Waals surface area contributed by atoms with Crippen molar-refractivity contribution in [2.75, 3.05) is 97.5 Å². The van der Waals surface area contributed by atoms with Gasteiger partial charge in [0.1, 0.15) is 54.9 Å². The van der Waals surface area contributed by atoms with Crippen molar-refractivity contribution >= 4 is 201 Å². The Morgan fingerprint density at radius 1 is 0.434 bits per heavy atom. The number of carbonyl (C=O) groups excluding carboxylic acids is 1. The van der Waals surface area contributed by atoms with E-state index in [0.717, 1.165) is 147 Å². The van der Waals surface area contributed by atoms with Crippen LogP contribution in [-0.2, 0) is 29.4 Å². The molecule has 8 heterocycles. The third kappa shape index (κ3) is 19.6. The first-order valence-corrected chi connectivity index (χ1v) is 40.6. The molecule has 32 heteroatoms. The van der Waals surface area contributed by atoms with Gasteiger partial charge >= 0.3 is 0 Å². The molecule has 28 nitrogen and oxygen atoms in total. The average Bonchev–Trinajstić information content (AvgIpc) is 1.69. The molecule has 4 N–H and O–H groups in total. The Morgan fingerprint density at radius 2 is 0.796 bits per heavy atom. The van der Waals surface area contributed by atoms with Gasteiger partial charge in [0.25, 0.3) is 10.0 Å². The molecule has 0 bridgehead atoms. The highest BCUT2D eigenvalue weighted by Gasteiger charge is 2.23. The first-order chi connectivity index (χ1) is 55.3. The largest absolute Gasteiger partial charge is 0.397 e. The fraction of sp³-hybridized carbons (Fsp3) is 0.284. The number of aliphatic hydroxyl groups is 2. The Hall–Kier alpha value is -11.3. The van der Waals surface area contributed by atoms with Gasteiger partial charge in [-0.05, 0) is 192 Å². The summed E-state index contributed by atoms with van der Waals surface area (Å²) in [5.74, 6) is 0. The number of para-hydroxylation sites is 3. The van der Waals surface area contributed by atoms with Gasteiger partial charge in [-0.3, -0.25) is 4.79 Å².